The van der Waals surface area contributed by atoms with Crippen molar-refractivity contribution in [3.8, 4) is 0 Å². The summed E-state index contributed by atoms with van der Waals surface area (Å²) in [6, 6.07) is 3.44. The summed E-state index contributed by atoms with van der Waals surface area (Å²) in [5, 5.41) is 4.91. The van der Waals surface area contributed by atoms with Crippen LogP contribution in [0.15, 0.2) is 28.1 Å². The lowest BCUT2D eigenvalue weighted by Gasteiger charge is -2.13. The lowest BCUT2D eigenvalue weighted by Crippen LogP contribution is -2.25. The van der Waals surface area contributed by atoms with Crippen LogP contribution in [-0.2, 0) is 12.7 Å². The number of benzene rings is 1. The maximum Gasteiger partial charge on any atom is 0.417 e. The van der Waals surface area contributed by atoms with Crippen LogP contribution in [0.4, 0.5) is 13.2 Å². The predicted octanol–water partition coefficient (Wildman–Crippen LogP) is 4.16. The van der Waals surface area contributed by atoms with Crippen LogP contribution in [0.5, 0.6) is 0 Å². The van der Waals surface area contributed by atoms with Gasteiger partial charge in [-0.15, -0.1) is 11.3 Å². The molecule has 0 spiro atoms. The van der Waals surface area contributed by atoms with Crippen molar-refractivity contribution in [3.63, 3.8) is 0 Å². The van der Waals surface area contributed by atoms with Gasteiger partial charge < -0.3 is 5.32 Å². The second-order valence-corrected chi connectivity index (χ2v) is 6.11. The van der Waals surface area contributed by atoms with E-state index in [1.54, 1.807) is 6.92 Å². The van der Waals surface area contributed by atoms with Crippen LogP contribution >= 0.6 is 27.3 Å². The van der Waals surface area contributed by atoms with Crippen molar-refractivity contribution < 1.29 is 18.0 Å². The van der Waals surface area contributed by atoms with Crippen molar-refractivity contribution in [3.05, 3.63) is 49.9 Å². The maximum atomic E-state index is 12.9. The monoisotopic (exact) mass is 378 g/mol. The Balaban J connectivity index is 2.19. The number of thiazole rings is 1. The number of carbonyl (C=O) groups excluding carboxylic acids is 1. The van der Waals surface area contributed by atoms with Gasteiger partial charge in [-0.2, -0.15) is 13.2 Å². The topological polar surface area (TPSA) is 42.0 Å². The molecule has 0 atom stereocenters. The summed E-state index contributed by atoms with van der Waals surface area (Å²) < 4.78 is 39.1. The summed E-state index contributed by atoms with van der Waals surface area (Å²) in [4.78, 5) is 16.1. The second-order valence-electron chi connectivity index (χ2n) is 4.25. The molecule has 2 aromatic rings. The Kier molecular flexibility index (Phi) is 4.67. The summed E-state index contributed by atoms with van der Waals surface area (Å²) in [6.07, 6.45) is -4.59. The number of rotatable bonds is 3. The van der Waals surface area contributed by atoms with Gasteiger partial charge in [-0.05, 0) is 25.1 Å². The van der Waals surface area contributed by atoms with Crippen LogP contribution < -0.4 is 5.32 Å². The smallest absolute Gasteiger partial charge is 0.346 e. The molecule has 8 heteroatoms. The Morgan fingerprint density at radius 1 is 1.43 bits per heavy atom. The lowest BCUT2D eigenvalue weighted by molar-refractivity contribution is -0.138. The first-order valence-electron chi connectivity index (χ1n) is 5.83. The standard InChI is InChI=1S/C13H10BrF3N2OS/c1-7-6-21-11(19-7)5-18-12(20)9-3-2-8(14)4-10(9)13(15,16)17/h2-4,6H,5H2,1H3,(H,18,20). The van der Waals surface area contributed by atoms with Crippen LogP contribution in [0.3, 0.4) is 0 Å². The van der Waals surface area contributed by atoms with Crippen LogP contribution in [0.2, 0.25) is 0 Å². The number of alkyl halides is 3. The minimum absolute atomic E-state index is 0.102. The van der Waals surface area contributed by atoms with E-state index in [9.17, 15) is 18.0 Å². The third-order valence-corrected chi connectivity index (χ3v) is 4.06. The zero-order valence-electron chi connectivity index (χ0n) is 10.8. The average Bonchev–Trinajstić information content (AvgIpc) is 2.81. The first-order chi connectivity index (χ1) is 9.77. The molecule has 0 fully saturated rings. The molecule has 1 heterocycles. The molecule has 0 saturated carbocycles. The van der Waals surface area contributed by atoms with Gasteiger partial charge >= 0.3 is 6.18 Å². The average molecular weight is 379 g/mol. The highest BCUT2D eigenvalue weighted by Gasteiger charge is 2.35. The van der Waals surface area contributed by atoms with Gasteiger partial charge in [0.25, 0.3) is 5.91 Å². The second kappa shape index (κ2) is 6.15. The molecule has 0 saturated heterocycles. The number of halogens is 4. The normalized spacial score (nSPS) is 11.5. The fourth-order valence-corrected chi connectivity index (χ4v) is 2.76. The molecule has 21 heavy (non-hydrogen) atoms. The van der Waals surface area contributed by atoms with E-state index in [0.29, 0.717) is 5.01 Å². The highest BCUT2D eigenvalue weighted by Crippen LogP contribution is 2.33. The van der Waals surface area contributed by atoms with E-state index in [1.165, 1.54) is 17.4 Å². The van der Waals surface area contributed by atoms with Crippen molar-refractivity contribution in [2.75, 3.05) is 0 Å². The minimum Gasteiger partial charge on any atom is -0.346 e. The molecular formula is C13H10BrF3N2OS. The summed E-state index contributed by atoms with van der Waals surface area (Å²) >= 11 is 4.32. The first-order valence-corrected chi connectivity index (χ1v) is 7.50. The molecule has 0 aliphatic rings. The number of amides is 1. The first kappa shape index (κ1) is 16.0. The van der Waals surface area contributed by atoms with E-state index in [2.05, 4.69) is 26.2 Å². The predicted molar refractivity (Wildman–Crippen MR) is 77.2 cm³/mol. The number of aromatic nitrogens is 1. The molecular weight excluding hydrogens is 369 g/mol. The molecule has 0 unspecified atom stereocenters. The van der Waals surface area contributed by atoms with Gasteiger partial charge in [0.2, 0.25) is 0 Å². The van der Waals surface area contributed by atoms with E-state index < -0.39 is 23.2 Å². The number of nitrogens with zero attached hydrogens (tertiary/aromatic N) is 1. The molecule has 1 aromatic carbocycles. The molecule has 1 N–H and O–H groups in total. The molecule has 0 radical (unpaired) electrons. The number of carbonyl (C=O) groups is 1. The van der Waals surface area contributed by atoms with Gasteiger partial charge in [0.1, 0.15) is 5.01 Å². The van der Waals surface area contributed by atoms with Gasteiger partial charge in [0.15, 0.2) is 0 Å². The molecule has 0 bridgehead atoms. The van der Waals surface area contributed by atoms with Crippen LogP contribution in [0, 0.1) is 6.92 Å². The van der Waals surface area contributed by atoms with E-state index in [1.807, 2.05) is 5.38 Å². The largest absolute Gasteiger partial charge is 0.417 e. The Morgan fingerprint density at radius 2 is 2.14 bits per heavy atom. The van der Waals surface area contributed by atoms with Gasteiger partial charge in [-0.25, -0.2) is 4.98 Å². The molecule has 112 valence electrons. The van der Waals surface area contributed by atoms with Crippen molar-refractivity contribution in [1.29, 1.82) is 0 Å². The Hall–Kier alpha value is -1.41. The van der Waals surface area contributed by atoms with Crippen molar-refractivity contribution >= 4 is 33.2 Å². The molecule has 0 aliphatic heterocycles. The van der Waals surface area contributed by atoms with Gasteiger partial charge in [0, 0.05) is 15.5 Å². The number of hydrogen-bond acceptors (Lipinski definition) is 3. The Bertz CT molecular complexity index is 670. The highest BCUT2D eigenvalue weighted by molar-refractivity contribution is 9.10. The maximum absolute atomic E-state index is 12.9. The summed E-state index contributed by atoms with van der Waals surface area (Å²) in [5.41, 5.74) is -0.562. The number of aryl methyl sites for hydroxylation is 1. The van der Waals surface area contributed by atoms with Crippen LogP contribution in [-0.4, -0.2) is 10.9 Å². The number of hydrogen-bond donors (Lipinski definition) is 1. The summed E-state index contributed by atoms with van der Waals surface area (Å²) in [6.45, 7) is 1.91. The molecule has 1 aromatic heterocycles. The quantitative estimate of drug-likeness (QED) is 0.870. The van der Waals surface area contributed by atoms with E-state index in [0.717, 1.165) is 17.8 Å². The van der Waals surface area contributed by atoms with Crippen LogP contribution in [0.25, 0.3) is 0 Å². The van der Waals surface area contributed by atoms with E-state index >= 15 is 0 Å². The van der Waals surface area contributed by atoms with Gasteiger partial charge in [0.05, 0.1) is 17.7 Å². The van der Waals surface area contributed by atoms with Gasteiger partial charge in [-0.3, -0.25) is 4.79 Å². The molecule has 3 nitrogen and oxygen atoms in total. The lowest BCUT2D eigenvalue weighted by atomic mass is 10.1. The van der Waals surface area contributed by atoms with Gasteiger partial charge in [-0.1, -0.05) is 15.9 Å². The van der Waals surface area contributed by atoms with Crippen molar-refractivity contribution in [2.24, 2.45) is 0 Å². The minimum atomic E-state index is -4.59. The summed E-state index contributed by atoms with van der Waals surface area (Å²) in [7, 11) is 0. The highest BCUT2D eigenvalue weighted by atomic mass is 79.9. The Morgan fingerprint density at radius 3 is 2.71 bits per heavy atom. The van der Waals surface area contributed by atoms with Crippen molar-refractivity contribution in [1.82, 2.24) is 10.3 Å². The third-order valence-electron chi connectivity index (χ3n) is 2.60. The number of nitrogens with one attached hydrogen (secondary N) is 1. The van der Waals surface area contributed by atoms with E-state index in [4.69, 9.17) is 0 Å². The zero-order chi connectivity index (χ0) is 15.6. The molecule has 1 amide bonds. The summed E-state index contributed by atoms with van der Waals surface area (Å²) in [5.74, 6) is -0.775. The Labute approximate surface area is 131 Å². The van der Waals surface area contributed by atoms with E-state index in [-0.39, 0.29) is 11.0 Å². The zero-order valence-corrected chi connectivity index (χ0v) is 13.2. The SMILES string of the molecule is Cc1csc(CNC(=O)c2ccc(Br)cc2C(F)(F)F)n1. The van der Waals surface area contributed by atoms with Crippen molar-refractivity contribution in [2.45, 2.75) is 19.6 Å². The molecule has 0 aliphatic carbocycles. The van der Waals surface area contributed by atoms with Crippen LogP contribution in [0.1, 0.15) is 26.6 Å². The fourth-order valence-electron chi connectivity index (χ4n) is 1.68. The third kappa shape index (κ3) is 4.04. The molecule has 2 rings (SSSR count). The fraction of sp³-hybridized carbons (Fsp3) is 0.231.